The highest BCUT2D eigenvalue weighted by molar-refractivity contribution is 5.74. The number of carbonyl (C=O) groups is 1. The van der Waals surface area contributed by atoms with Gasteiger partial charge in [0.1, 0.15) is 0 Å². The van der Waals surface area contributed by atoms with E-state index in [1.807, 2.05) is 6.92 Å². The Morgan fingerprint density at radius 2 is 2.55 bits per heavy atom. The number of urea groups is 1. The van der Waals surface area contributed by atoms with Gasteiger partial charge in [0.05, 0.1) is 0 Å². The molecule has 4 heteroatoms. The Bertz CT molecular complexity index is 149. The summed E-state index contributed by atoms with van der Waals surface area (Å²) in [6, 6.07) is 0.193. The number of amides is 2. The van der Waals surface area contributed by atoms with E-state index in [0.29, 0.717) is 13.1 Å². The Labute approximate surface area is 66.7 Å². The van der Waals surface area contributed by atoms with Crippen LogP contribution < -0.4 is 11.1 Å². The molecule has 0 aromatic heterocycles. The number of nitrogens with zero attached hydrogens (tertiary/aromatic N) is 1. The lowest BCUT2D eigenvalue weighted by Gasteiger charge is -2.15. The highest BCUT2D eigenvalue weighted by Gasteiger charge is 2.22. The van der Waals surface area contributed by atoms with Crippen LogP contribution in [0.25, 0.3) is 0 Å². The van der Waals surface area contributed by atoms with E-state index in [2.05, 4.69) is 5.32 Å². The summed E-state index contributed by atoms with van der Waals surface area (Å²) in [5.41, 5.74) is 5.64. The molecule has 2 amide bonds. The number of hydrogen-bond acceptors (Lipinski definition) is 2. The van der Waals surface area contributed by atoms with Gasteiger partial charge in [-0.25, -0.2) is 4.79 Å². The quantitative estimate of drug-likeness (QED) is 0.551. The normalized spacial score (nSPS) is 23.8. The van der Waals surface area contributed by atoms with Crippen LogP contribution in [-0.2, 0) is 0 Å². The van der Waals surface area contributed by atoms with E-state index < -0.39 is 0 Å². The van der Waals surface area contributed by atoms with Gasteiger partial charge < -0.3 is 16.0 Å². The van der Waals surface area contributed by atoms with Gasteiger partial charge in [-0.15, -0.1) is 0 Å². The van der Waals surface area contributed by atoms with Gasteiger partial charge >= 0.3 is 6.03 Å². The predicted octanol–water partition coefficient (Wildman–Crippen LogP) is -0.251. The van der Waals surface area contributed by atoms with Gasteiger partial charge in [0.15, 0.2) is 0 Å². The van der Waals surface area contributed by atoms with Crippen molar-refractivity contribution in [3.63, 3.8) is 0 Å². The number of nitrogens with one attached hydrogen (secondary N) is 1. The molecule has 1 aliphatic rings. The van der Waals surface area contributed by atoms with Crippen LogP contribution in [0.4, 0.5) is 4.79 Å². The highest BCUT2D eigenvalue weighted by Crippen LogP contribution is 2.05. The minimum Gasteiger partial charge on any atom is -0.338 e. The molecule has 3 N–H and O–H groups in total. The van der Waals surface area contributed by atoms with E-state index >= 15 is 0 Å². The summed E-state index contributed by atoms with van der Waals surface area (Å²) >= 11 is 0. The van der Waals surface area contributed by atoms with Crippen molar-refractivity contribution in [2.45, 2.75) is 19.4 Å². The number of nitrogens with two attached hydrogens (primary N) is 1. The number of carbonyl (C=O) groups excluding carboxylic acids is 1. The molecule has 11 heavy (non-hydrogen) atoms. The Kier molecular flexibility index (Phi) is 2.70. The van der Waals surface area contributed by atoms with Crippen molar-refractivity contribution < 1.29 is 4.79 Å². The Morgan fingerprint density at radius 3 is 3.00 bits per heavy atom. The average Bonchev–Trinajstić information content (AvgIpc) is 2.36. The van der Waals surface area contributed by atoms with Gasteiger partial charge in [0.2, 0.25) is 0 Å². The van der Waals surface area contributed by atoms with E-state index in [0.717, 1.165) is 13.0 Å². The maximum atomic E-state index is 11.2. The summed E-state index contributed by atoms with van der Waals surface area (Å²) in [4.78, 5) is 12.9. The predicted molar refractivity (Wildman–Crippen MR) is 43.2 cm³/mol. The molecule has 1 aliphatic heterocycles. The van der Waals surface area contributed by atoms with Gasteiger partial charge in [0, 0.05) is 25.7 Å². The van der Waals surface area contributed by atoms with E-state index in [9.17, 15) is 4.79 Å². The molecular formula is C7H15N3O. The first kappa shape index (κ1) is 8.33. The SMILES string of the molecule is CCNC(=O)N1CC[C@H](N)C1. The first-order chi connectivity index (χ1) is 5.24. The van der Waals surface area contributed by atoms with E-state index in [-0.39, 0.29) is 12.1 Å². The minimum absolute atomic E-state index is 0.0143. The lowest BCUT2D eigenvalue weighted by atomic mass is 10.3. The average molecular weight is 157 g/mol. The molecule has 0 saturated carbocycles. The summed E-state index contributed by atoms with van der Waals surface area (Å²) < 4.78 is 0. The van der Waals surface area contributed by atoms with Crippen LogP contribution in [0.2, 0.25) is 0 Å². The molecule has 0 aromatic carbocycles. The maximum absolute atomic E-state index is 11.2. The minimum atomic E-state index is 0.0143. The van der Waals surface area contributed by atoms with Gasteiger partial charge in [0.25, 0.3) is 0 Å². The van der Waals surface area contributed by atoms with Crippen LogP contribution in [0.1, 0.15) is 13.3 Å². The molecule has 1 fully saturated rings. The zero-order chi connectivity index (χ0) is 8.27. The first-order valence-corrected chi connectivity index (χ1v) is 4.02. The third-order valence-electron chi connectivity index (χ3n) is 1.84. The fourth-order valence-corrected chi connectivity index (χ4v) is 1.23. The number of rotatable bonds is 1. The number of hydrogen-bond donors (Lipinski definition) is 2. The summed E-state index contributed by atoms with van der Waals surface area (Å²) in [6.45, 7) is 4.09. The molecule has 1 heterocycles. The van der Waals surface area contributed by atoms with Crippen LogP contribution in [0.15, 0.2) is 0 Å². The Morgan fingerprint density at radius 1 is 1.82 bits per heavy atom. The van der Waals surface area contributed by atoms with Crippen LogP contribution >= 0.6 is 0 Å². The molecule has 0 unspecified atom stereocenters. The first-order valence-electron chi connectivity index (χ1n) is 4.02. The van der Waals surface area contributed by atoms with E-state index in [1.54, 1.807) is 4.90 Å². The molecule has 0 radical (unpaired) electrons. The summed E-state index contributed by atoms with van der Waals surface area (Å²) in [6.07, 6.45) is 0.928. The molecule has 0 aromatic rings. The van der Waals surface area contributed by atoms with Crippen molar-refractivity contribution in [3.05, 3.63) is 0 Å². The molecule has 1 saturated heterocycles. The van der Waals surface area contributed by atoms with Crippen molar-refractivity contribution in [1.29, 1.82) is 0 Å². The molecule has 0 bridgehead atoms. The smallest absolute Gasteiger partial charge is 0.317 e. The lowest BCUT2D eigenvalue weighted by molar-refractivity contribution is 0.209. The van der Waals surface area contributed by atoms with Crippen LogP contribution in [0.3, 0.4) is 0 Å². The van der Waals surface area contributed by atoms with E-state index in [4.69, 9.17) is 5.73 Å². The molecular weight excluding hydrogens is 142 g/mol. The zero-order valence-electron chi connectivity index (χ0n) is 6.84. The maximum Gasteiger partial charge on any atom is 0.317 e. The second-order valence-electron chi connectivity index (χ2n) is 2.83. The van der Waals surface area contributed by atoms with Crippen LogP contribution in [0.5, 0.6) is 0 Å². The van der Waals surface area contributed by atoms with Crippen molar-refractivity contribution in [1.82, 2.24) is 10.2 Å². The topological polar surface area (TPSA) is 58.4 Å². The van der Waals surface area contributed by atoms with E-state index in [1.165, 1.54) is 0 Å². The standard InChI is InChI=1S/C7H15N3O/c1-2-9-7(11)10-4-3-6(8)5-10/h6H,2-5,8H2,1H3,(H,9,11)/t6-/m0/s1. The fourth-order valence-electron chi connectivity index (χ4n) is 1.23. The summed E-state index contributed by atoms with van der Waals surface area (Å²) in [7, 11) is 0. The Balaban J connectivity index is 2.31. The largest absolute Gasteiger partial charge is 0.338 e. The third kappa shape index (κ3) is 2.08. The summed E-state index contributed by atoms with van der Waals surface area (Å²) in [5, 5.41) is 2.74. The monoisotopic (exact) mass is 157 g/mol. The second kappa shape index (κ2) is 3.57. The Hall–Kier alpha value is -0.770. The highest BCUT2D eigenvalue weighted by atomic mass is 16.2. The van der Waals surface area contributed by atoms with Gasteiger partial charge in [-0.05, 0) is 13.3 Å². The van der Waals surface area contributed by atoms with Gasteiger partial charge in [-0.3, -0.25) is 0 Å². The fraction of sp³-hybridized carbons (Fsp3) is 0.857. The van der Waals surface area contributed by atoms with Gasteiger partial charge in [-0.1, -0.05) is 0 Å². The van der Waals surface area contributed by atoms with Crippen molar-refractivity contribution in [2.75, 3.05) is 19.6 Å². The second-order valence-corrected chi connectivity index (χ2v) is 2.83. The van der Waals surface area contributed by atoms with Crippen LogP contribution in [-0.4, -0.2) is 36.6 Å². The van der Waals surface area contributed by atoms with Crippen molar-refractivity contribution in [2.24, 2.45) is 5.73 Å². The molecule has 1 atom stereocenters. The summed E-state index contributed by atoms with van der Waals surface area (Å²) in [5.74, 6) is 0. The van der Waals surface area contributed by atoms with Gasteiger partial charge in [-0.2, -0.15) is 0 Å². The zero-order valence-corrected chi connectivity index (χ0v) is 6.84. The molecule has 4 nitrogen and oxygen atoms in total. The van der Waals surface area contributed by atoms with Crippen molar-refractivity contribution in [3.8, 4) is 0 Å². The van der Waals surface area contributed by atoms with Crippen LogP contribution in [0, 0.1) is 0 Å². The molecule has 1 rings (SSSR count). The molecule has 64 valence electrons. The molecule has 0 spiro atoms. The molecule has 0 aliphatic carbocycles. The lowest BCUT2D eigenvalue weighted by Crippen LogP contribution is -2.39. The third-order valence-corrected chi connectivity index (χ3v) is 1.84. The number of likely N-dealkylation sites (tertiary alicyclic amines) is 1. The van der Waals surface area contributed by atoms with Crippen molar-refractivity contribution >= 4 is 6.03 Å².